The Labute approximate surface area is 264 Å². The molecule has 0 spiro atoms. The Bertz CT molecular complexity index is 998. The third-order valence-corrected chi connectivity index (χ3v) is 7.24. The number of primary amides is 1. The molecule has 0 saturated carbocycles. The lowest BCUT2D eigenvalue weighted by Gasteiger charge is -2.44. The molecule has 1 heterocycles. The normalized spacial score (nSPS) is 24.3. The molecule has 3 amide bonds. The van der Waals surface area contributed by atoms with Gasteiger partial charge in [0.1, 0.15) is 43.0 Å². The number of ether oxygens (including phenoxy) is 4. The largest absolute Gasteiger partial charge is 0.466 e. The van der Waals surface area contributed by atoms with Crippen LogP contribution in [0.25, 0.3) is 0 Å². The zero-order valence-corrected chi connectivity index (χ0v) is 27.3. The first-order valence-electron chi connectivity index (χ1n) is 15.3. The maximum atomic E-state index is 13.5. The number of hydrogen-bond donors (Lipinski definition) is 6. The Morgan fingerprint density at radius 3 is 2.16 bits per heavy atom. The maximum absolute atomic E-state index is 13.5. The summed E-state index contributed by atoms with van der Waals surface area (Å²) in [5.74, 6) is -3.56. The van der Waals surface area contributed by atoms with Crippen LogP contribution in [0.2, 0.25) is 0 Å². The Morgan fingerprint density at radius 1 is 1.02 bits per heavy atom. The van der Waals surface area contributed by atoms with Crippen LogP contribution < -0.4 is 22.5 Å². The highest BCUT2D eigenvalue weighted by atomic mass is 16.6. The Balaban J connectivity index is 3.26. The molecular formula is C29H53N5O11. The van der Waals surface area contributed by atoms with E-state index in [1.165, 1.54) is 13.8 Å². The van der Waals surface area contributed by atoms with Crippen LogP contribution in [0, 0.1) is 11.8 Å². The van der Waals surface area contributed by atoms with Crippen LogP contribution in [0.5, 0.6) is 0 Å². The summed E-state index contributed by atoms with van der Waals surface area (Å²) in [5, 5.41) is 24.4. The second kappa shape index (κ2) is 18.9. The first-order chi connectivity index (χ1) is 20.9. The lowest BCUT2D eigenvalue weighted by molar-refractivity contribution is -0.269. The lowest BCUT2D eigenvalue weighted by Crippen LogP contribution is -2.66. The Morgan fingerprint density at radius 2 is 1.64 bits per heavy atom. The molecule has 0 aromatic rings. The van der Waals surface area contributed by atoms with Crippen molar-refractivity contribution in [3.63, 3.8) is 0 Å². The van der Waals surface area contributed by atoms with Crippen molar-refractivity contribution in [2.24, 2.45) is 29.0 Å². The highest BCUT2D eigenvalue weighted by molar-refractivity contribution is 5.89. The quantitative estimate of drug-likeness (QED) is 0.0905. The first-order valence-corrected chi connectivity index (χ1v) is 15.3. The van der Waals surface area contributed by atoms with Gasteiger partial charge in [0.05, 0.1) is 18.8 Å². The van der Waals surface area contributed by atoms with Gasteiger partial charge in [-0.25, -0.2) is 0 Å². The van der Waals surface area contributed by atoms with Gasteiger partial charge in [0.25, 0.3) is 0 Å². The molecular weight excluding hydrogens is 594 g/mol. The van der Waals surface area contributed by atoms with Gasteiger partial charge in [-0.1, -0.05) is 27.7 Å². The summed E-state index contributed by atoms with van der Waals surface area (Å²) in [6.07, 6.45) is -6.76. The van der Waals surface area contributed by atoms with Crippen molar-refractivity contribution in [1.82, 2.24) is 10.2 Å². The van der Waals surface area contributed by atoms with Crippen LogP contribution in [-0.4, -0.2) is 119 Å². The summed E-state index contributed by atoms with van der Waals surface area (Å²) in [4.78, 5) is 63.5. The van der Waals surface area contributed by atoms with E-state index in [0.717, 1.165) is 4.90 Å². The van der Waals surface area contributed by atoms with E-state index in [2.05, 4.69) is 5.32 Å². The summed E-state index contributed by atoms with van der Waals surface area (Å²) in [5.41, 5.74) is 17.7. The molecule has 0 aliphatic carbocycles. The van der Waals surface area contributed by atoms with Gasteiger partial charge in [0.15, 0.2) is 6.29 Å². The maximum Gasteiger partial charge on any atom is 0.323 e. The van der Waals surface area contributed by atoms with Gasteiger partial charge < -0.3 is 56.6 Å². The first kappa shape index (κ1) is 40.1. The zero-order valence-electron chi connectivity index (χ0n) is 27.3. The average molecular weight is 648 g/mol. The summed E-state index contributed by atoms with van der Waals surface area (Å²) >= 11 is 0. The van der Waals surface area contributed by atoms with E-state index in [9.17, 15) is 34.2 Å². The van der Waals surface area contributed by atoms with Crippen LogP contribution in [0.15, 0.2) is 0 Å². The van der Waals surface area contributed by atoms with Crippen molar-refractivity contribution in [3.8, 4) is 0 Å². The number of nitrogens with two attached hydrogens (primary N) is 3. The SMILES string of the molecule is CCOC(=O)CC[C@H](C(N)=O)N(CC(C)O[C@H]1[C@H](O)[C@@H](COC(=O)[C@@H](N)CC(C)C)O[C@H](O)[C@@H]1NC(C)=O)C(=O)[C@@H](N)C(C)C. The van der Waals surface area contributed by atoms with E-state index in [1.807, 2.05) is 13.8 Å². The highest BCUT2D eigenvalue weighted by Crippen LogP contribution is 2.25. The van der Waals surface area contributed by atoms with Gasteiger partial charge in [-0.3, -0.25) is 24.0 Å². The standard InChI is InChI=1S/C29H53N5O11/c1-8-42-21(36)10-9-19(26(32)38)34(27(39)22(31)15(4)5)12-16(6)44-25-23(33-17(7)35)29(41)45-20(24(25)37)13-43-28(40)18(30)11-14(2)3/h14-16,18-20,22-25,29,37,41H,8-13,30-31H2,1-7H3,(H2,32,38)(H,33,35)/t16?,18-,19+,20+,22-,23+,24+,25+,29-/m0/s1. The third-order valence-electron chi connectivity index (χ3n) is 7.24. The van der Waals surface area contributed by atoms with Crippen molar-refractivity contribution >= 4 is 29.7 Å². The van der Waals surface area contributed by atoms with E-state index in [0.29, 0.717) is 6.42 Å². The van der Waals surface area contributed by atoms with E-state index in [4.69, 9.17) is 36.1 Å². The minimum absolute atomic E-state index is 0.129. The van der Waals surface area contributed by atoms with Gasteiger partial charge in [0, 0.05) is 19.9 Å². The van der Waals surface area contributed by atoms with E-state index in [1.54, 1.807) is 20.8 Å². The molecule has 0 radical (unpaired) electrons. The molecule has 16 heteroatoms. The van der Waals surface area contributed by atoms with Gasteiger partial charge in [-0.05, 0) is 38.5 Å². The zero-order chi connectivity index (χ0) is 34.6. The molecule has 1 unspecified atom stereocenters. The molecule has 9 atom stereocenters. The molecule has 1 aliphatic rings. The fourth-order valence-corrected chi connectivity index (χ4v) is 4.87. The summed E-state index contributed by atoms with van der Waals surface area (Å²) in [6, 6.07) is -4.45. The summed E-state index contributed by atoms with van der Waals surface area (Å²) in [6.45, 7) is 11.0. The predicted molar refractivity (Wildman–Crippen MR) is 161 cm³/mol. The number of nitrogens with zero attached hydrogens (tertiary/aromatic N) is 1. The number of aliphatic hydroxyl groups excluding tert-OH is 2. The van der Waals surface area contributed by atoms with E-state index in [-0.39, 0.29) is 37.8 Å². The topological polar surface area (TPSA) is 256 Å². The average Bonchev–Trinajstić information content (AvgIpc) is 2.93. The number of nitrogens with one attached hydrogen (secondary N) is 1. The van der Waals surface area contributed by atoms with Crippen molar-refractivity contribution in [1.29, 1.82) is 0 Å². The molecule has 0 aromatic heterocycles. The number of hydrogen-bond acceptors (Lipinski definition) is 13. The second-order valence-corrected chi connectivity index (χ2v) is 12.1. The molecule has 260 valence electrons. The van der Waals surface area contributed by atoms with Gasteiger partial charge >= 0.3 is 11.9 Å². The second-order valence-electron chi connectivity index (χ2n) is 12.1. The smallest absolute Gasteiger partial charge is 0.323 e. The fraction of sp³-hybridized carbons (Fsp3) is 0.828. The van der Waals surface area contributed by atoms with Crippen molar-refractivity contribution in [2.45, 2.75) is 123 Å². The van der Waals surface area contributed by atoms with Crippen LogP contribution in [0.4, 0.5) is 0 Å². The Kier molecular flexibility index (Phi) is 16.9. The predicted octanol–water partition coefficient (Wildman–Crippen LogP) is -1.73. The molecule has 1 rings (SSSR count). The molecule has 45 heavy (non-hydrogen) atoms. The Hall–Kier alpha value is -2.89. The number of aliphatic hydroxyl groups is 2. The number of carbonyl (C=O) groups is 5. The minimum Gasteiger partial charge on any atom is -0.466 e. The van der Waals surface area contributed by atoms with Gasteiger partial charge in [0.2, 0.25) is 17.7 Å². The molecule has 0 aromatic carbocycles. The van der Waals surface area contributed by atoms with Crippen molar-refractivity contribution in [2.75, 3.05) is 19.8 Å². The number of amides is 3. The third kappa shape index (κ3) is 12.8. The van der Waals surface area contributed by atoms with E-state index >= 15 is 0 Å². The van der Waals surface area contributed by atoms with Crippen LogP contribution >= 0.6 is 0 Å². The minimum atomic E-state index is -1.68. The molecule has 1 saturated heterocycles. The number of esters is 2. The van der Waals surface area contributed by atoms with Crippen LogP contribution in [0.1, 0.15) is 67.7 Å². The highest BCUT2D eigenvalue weighted by Gasteiger charge is 2.47. The molecule has 9 N–H and O–H groups in total. The number of carbonyl (C=O) groups excluding carboxylic acids is 5. The number of rotatable bonds is 18. The molecule has 1 aliphatic heterocycles. The summed E-state index contributed by atoms with van der Waals surface area (Å²) in [7, 11) is 0. The van der Waals surface area contributed by atoms with Gasteiger partial charge in [-0.15, -0.1) is 0 Å². The van der Waals surface area contributed by atoms with Gasteiger partial charge in [-0.2, -0.15) is 0 Å². The van der Waals surface area contributed by atoms with E-state index < -0.39 is 91.1 Å². The fourth-order valence-electron chi connectivity index (χ4n) is 4.87. The van der Waals surface area contributed by atoms with Crippen molar-refractivity contribution < 1.29 is 53.1 Å². The molecule has 1 fully saturated rings. The van der Waals surface area contributed by atoms with Crippen molar-refractivity contribution in [3.05, 3.63) is 0 Å². The monoisotopic (exact) mass is 647 g/mol. The molecule has 0 bridgehead atoms. The summed E-state index contributed by atoms with van der Waals surface area (Å²) < 4.78 is 21.7. The molecule has 16 nitrogen and oxygen atoms in total. The van der Waals surface area contributed by atoms with Crippen LogP contribution in [-0.2, 0) is 42.9 Å². The van der Waals surface area contributed by atoms with Crippen LogP contribution in [0.3, 0.4) is 0 Å². The lowest BCUT2D eigenvalue weighted by atomic mass is 9.96.